The van der Waals surface area contributed by atoms with E-state index >= 15 is 0 Å². The molecule has 0 radical (unpaired) electrons. The summed E-state index contributed by atoms with van der Waals surface area (Å²) in [6, 6.07) is 9.04. The molecule has 1 aliphatic heterocycles. The fourth-order valence-corrected chi connectivity index (χ4v) is 3.36. The number of hydrogen-bond acceptors (Lipinski definition) is 2. The van der Waals surface area contributed by atoms with E-state index in [9.17, 15) is 0 Å². The predicted molar refractivity (Wildman–Crippen MR) is 109 cm³/mol. The zero-order valence-corrected chi connectivity index (χ0v) is 16.7. The summed E-state index contributed by atoms with van der Waals surface area (Å²) in [7, 11) is 0. The summed E-state index contributed by atoms with van der Waals surface area (Å²) in [4.78, 5) is 4.79. The van der Waals surface area contributed by atoms with Crippen LogP contribution < -0.4 is 10.2 Å². The second kappa shape index (κ2) is 7.66. The lowest BCUT2D eigenvalue weighted by Crippen LogP contribution is -2.51. The summed E-state index contributed by atoms with van der Waals surface area (Å²) >= 11 is 5.74. The van der Waals surface area contributed by atoms with Gasteiger partial charge in [0.25, 0.3) is 0 Å². The molecule has 4 heteroatoms. The SMILES string of the molecule is CC(C)=CCN1Cc2ccccc2N(C(=S)NC(C)(C)C)C[C@@H]1C. The highest BCUT2D eigenvalue weighted by Gasteiger charge is 2.27. The van der Waals surface area contributed by atoms with Gasteiger partial charge in [0.1, 0.15) is 0 Å². The van der Waals surface area contributed by atoms with Crippen LogP contribution in [-0.4, -0.2) is 34.7 Å². The lowest BCUT2D eigenvalue weighted by Gasteiger charge is -2.33. The largest absolute Gasteiger partial charge is 0.358 e. The molecule has 0 saturated carbocycles. The summed E-state index contributed by atoms with van der Waals surface area (Å²) < 4.78 is 0. The highest BCUT2D eigenvalue weighted by molar-refractivity contribution is 7.80. The van der Waals surface area contributed by atoms with Gasteiger partial charge >= 0.3 is 0 Å². The molecule has 0 spiro atoms. The first-order valence-electron chi connectivity index (χ1n) is 8.72. The van der Waals surface area contributed by atoms with E-state index < -0.39 is 0 Å². The number of nitrogens with zero attached hydrogens (tertiary/aromatic N) is 2. The summed E-state index contributed by atoms with van der Waals surface area (Å²) in [6.07, 6.45) is 2.31. The Morgan fingerprint density at radius 1 is 1.29 bits per heavy atom. The minimum Gasteiger partial charge on any atom is -0.358 e. The zero-order valence-electron chi connectivity index (χ0n) is 15.9. The minimum atomic E-state index is -0.0384. The number of nitrogens with one attached hydrogen (secondary N) is 1. The Morgan fingerprint density at radius 2 is 1.96 bits per heavy atom. The molecule has 0 saturated heterocycles. The van der Waals surface area contributed by atoms with Crippen LogP contribution in [0.15, 0.2) is 35.9 Å². The fraction of sp³-hybridized carbons (Fsp3) is 0.550. The molecule has 132 valence electrons. The number of rotatable bonds is 2. The fourth-order valence-electron chi connectivity index (χ4n) is 2.89. The summed E-state index contributed by atoms with van der Waals surface area (Å²) in [5.41, 5.74) is 3.89. The Hall–Kier alpha value is -1.39. The second-order valence-corrected chi connectivity index (χ2v) is 8.37. The van der Waals surface area contributed by atoms with Crippen molar-refractivity contribution in [2.75, 3.05) is 18.0 Å². The molecule has 0 fully saturated rings. The van der Waals surface area contributed by atoms with Crippen molar-refractivity contribution in [2.45, 2.75) is 59.7 Å². The Bertz CT molecular complexity index is 612. The van der Waals surface area contributed by atoms with Crippen molar-refractivity contribution >= 4 is 23.0 Å². The van der Waals surface area contributed by atoms with Crippen LogP contribution in [0.2, 0.25) is 0 Å². The van der Waals surface area contributed by atoms with Crippen LogP contribution in [-0.2, 0) is 6.54 Å². The topological polar surface area (TPSA) is 18.5 Å². The van der Waals surface area contributed by atoms with Gasteiger partial charge in [0.15, 0.2) is 5.11 Å². The van der Waals surface area contributed by atoms with Crippen LogP contribution in [0.5, 0.6) is 0 Å². The van der Waals surface area contributed by atoms with Crippen molar-refractivity contribution in [1.82, 2.24) is 10.2 Å². The summed E-state index contributed by atoms with van der Waals surface area (Å²) in [5.74, 6) is 0. The van der Waals surface area contributed by atoms with Gasteiger partial charge in [0, 0.05) is 36.9 Å². The average Bonchev–Trinajstić information content (AvgIpc) is 2.60. The van der Waals surface area contributed by atoms with E-state index in [4.69, 9.17) is 12.2 Å². The molecule has 2 rings (SSSR count). The van der Waals surface area contributed by atoms with Crippen LogP contribution in [0, 0.1) is 0 Å². The van der Waals surface area contributed by atoms with Gasteiger partial charge in [-0.3, -0.25) is 4.90 Å². The maximum Gasteiger partial charge on any atom is 0.173 e. The highest BCUT2D eigenvalue weighted by atomic mass is 32.1. The average molecular weight is 346 g/mol. The third-order valence-electron chi connectivity index (χ3n) is 4.19. The number of thiocarbonyl (C=S) groups is 1. The first kappa shape index (κ1) is 18.9. The van der Waals surface area contributed by atoms with Crippen molar-refractivity contribution in [2.24, 2.45) is 0 Å². The number of hydrogen-bond donors (Lipinski definition) is 1. The molecule has 1 aromatic rings. The van der Waals surface area contributed by atoms with Gasteiger partial charge in [0.2, 0.25) is 0 Å². The Morgan fingerprint density at radius 3 is 2.58 bits per heavy atom. The van der Waals surface area contributed by atoms with Crippen LogP contribution >= 0.6 is 12.2 Å². The van der Waals surface area contributed by atoms with E-state index in [0.29, 0.717) is 6.04 Å². The lowest BCUT2D eigenvalue weighted by atomic mass is 10.1. The molecular weight excluding hydrogens is 314 g/mol. The summed E-state index contributed by atoms with van der Waals surface area (Å²) in [6.45, 7) is 15.9. The predicted octanol–water partition coefficient (Wildman–Crippen LogP) is 4.34. The van der Waals surface area contributed by atoms with Gasteiger partial charge < -0.3 is 10.2 Å². The van der Waals surface area contributed by atoms with Crippen molar-refractivity contribution in [1.29, 1.82) is 0 Å². The molecule has 1 heterocycles. The first-order valence-corrected chi connectivity index (χ1v) is 9.13. The van der Waals surface area contributed by atoms with E-state index in [2.05, 4.69) is 87.0 Å². The standard InChI is InChI=1S/C20H31N3S/c1-15(2)11-12-22-14-17-9-7-8-10-18(17)23(13-16(22)3)19(24)21-20(4,5)6/h7-11,16H,12-14H2,1-6H3,(H,21,24)/t16-/m0/s1. The van der Waals surface area contributed by atoms with Crippen molar-refractivity contribution in [3.8, 4) is 0 Å². The number of allylic oxidation sites excluding steroid dienone is 1. The number of benzene rings is 1. The quantitative estimate of drug-likeness (QED) is 0.635. The van der Waals surface area contributed by atoms with Gasteiger partial charge in [-0.1, -0.05) is 29.8 Å². The molecular formula is C20H31N3S. The molecule has 24 heavy (non-hydrogen) atoms. The van der Waals surface area contributed by atoms with E-state index in [1.807, 2.05) is 0 Å². The molecule has 0 aliphatic carbocycles. The third kappa shape index (κ3) is 5.05. The van der Waals surface area contributed by atoms with Crippen molar-refractivity contribution < 1.29 is 0 Å². The van der Waals surface area contributed by atoms with E-state index in [1.165, 1.54) is 16.8 Å². The smallest absolute Gasteiger partial charge is 0.173 e. The Labute approximate surface area is 152 Å². The minimum absolute atomic E-state index is 0.0384. The normalized spacial score (nSPS) is 18.6. The lowest BCUT2D eigenvalue weighted by molar-refractivity contribution is 0.233. The molecule has 1 N–H and O–H groups in total. The molecule has 1 aromatic carbocycles. The zero-order chi connectivity index (χ0) is 17.9. The van der Waals surface area contributed by atoms with Gasteiger partial charge in [-0.25, -0.2) is 0 Å². The molecule has 3 nitrogen and oxygen atoms in total. The number of fused-ring (bicyclic) bond motifs is 1. The summed E-state index contributed by atoms with van der Waals surface area (Å²) in [5, 5.41) is 4.28. The van der Waals surface area contributed by atoms with Gasteiger partial charge in [-0.2, -0.15) is 0 Å². The van der Waals surface area contributed by atoms with E-state index in [1.54, 1.807) is 0 Å². The Balaban J connectivity index is 2.31. The van der Waals surface area contributed by atoms with Crippen LogP contribution in [0.25, 0.3) is 0 Å². The first-order chi connectivity index (χ1) is 11.2. The van der Waals surface area contributed by atoms with Gasteiger partial charge in [-0.05, 0) is 65.4 Å². The molecule has 0 amide bonds. The maximum absolute atomic E-state index is 5.74. The number of anilines is 1. The van der Waals surface area contributed by atoms with Gasteiger partial charge in [-0.15, -0.1) is 0 Å². The molecule has 1 atom stereocenters. The van der Waals surface area contributed by atoms with Gasteiger partial charge in [0.05, 0.1) is 0 Å². The maximum atomic E-state index is 5.74. The van der Waals surface area contributed by atoms with Crippen LogP contribution in [0.1, 0.15) is 47.1 Å². The van der Waals surface area contributed by atoms with Crippen LogP contribution in [0.3, 0.4) is 0 Å². The van der Waals surface area contributed by atoms with E-state index in [-0.39, 0.29) is 5.54 Å². The number of para-hydroxylation sites is 1. The van der Waals surface area contributed by atoms with Crippen molar-refractivity contribution in [3.63, 3.8) is 0 Å². The van der Waals surface area contributed by atoms with Crippen LogP contribution in [0.4, 0.5) is 5.69 Å². The monoisotopic (exact) mass is 345 g/mol. The van der Waals surface area contributed by atoms with E-state index in [0.717, 1.165) is 24.7 Å². The molecule has 0 unspecified atom stereocenters. The molecule has 0 aromatic heterocycles. The Kier molecular flexibility index (Phi) is 6.05. The second-order valence-electron chi connectivity index (χ2n) is 7.98. The highest BCUT2D eigenvalue weighted by Crippen LogP contribution is 2.27. The molecule has 1 aliphatic rings. The van der Waals surface area contributed by atoms with Crippen molar-refractivity contribution in [3.05, 3.63) is 41.5 Å². The molecule has 0 bridgehead atoms. The third-order valence-corrected chi connectivity index (χ3v) is 4.51.